The monoisotopic (exact) mass is 486 g/mol. The highest BCUT2D eigenvalue weighted by Gasteiger charge is 2.43. The summed E-state index contributed by atoms with van der Waals surface area (Å²) in [6.45, 7) is 5.81. The molecule has 6 rings (SSSR count). The largest absolute Gasteiger partial charge is 0.350 e. The normalized spacial score (nSPS) is 25.2. The summed E-state index contributed by atoms with van der Waals surface area (Å²) in [5, 5.41) is 0. The zero-order valence-electron chi connectivity index (χ0n) is 20.6. The van der Waals surface area contributed by atoms with E-state index >= 15 is 0 Å². The van der Waals surface area contributed by atoms with Crippen LogP contribution in [0.15, 0.2) is 64.2 Å². The molecule has 2 aromatic rings. The predicted molar refractivity (Wildman–Crippen MR) is 136 cm³/mol. The Labute approximate surface area is 209 Å². The Kier molecular flexibility index (Phi) is 5.31. The first-order valence-electron chi connectivity index (χ1n) is 12.6. The SMILES string of the molecule is CC1=CC(=O)N(CCCN2C(Cn3c(=O)n(CC4CC4)c4ccncc43)=NC3(C)C=CC=CC23)C1=O. The molecule has 4 heterocycles. The number of aliphatic imine (C=N–C) groups is 1. The molecule has 1 saturated carbocycles. The molecule has 2 atom stereocenters. The summed E-state index contributed by atoms with van der Waals surface area (Å²) in [5.74, 6) is 0.925. The third-order valence-corrected chi connectivity index (χ3v) is 7.70. The molecule has 2 aromatic heterocycles. The summed E-state index contributed by atoms with van der Waals surface area (Å²) in [5.41, 5.74) is 1.73. The van der Waals surface area contributed by atoms with Gasteiger partial charge in [-0.1, -0.05) is 24.3 Å². The first-order valence-corrected chi connectivity index (χ1v) is 12.6. The van der Waals surface area contributed by atoms with Crippen molar-refractivity contribution in [1.82, 2.24) is 23.9 Å². The molecule has 2 aliphatic carbocycles. The third kappa shape index (κ3) is 3.73. The predicted octanol–water partition coefficient (Wildman–Crippen LogP) is 2.28. The zero-order chi connectivity index (χ0) is 25.0. The van der Waals surface area contributed by atoms with Gasteiger partial charge in [-0.25, -0.2) is 4.79 Å². The summed E-state index contributed by atoms with van der Waals surface area (Å²) in [6, 6.07) is 1.92. The molecule has 0 aromatic carbocycles. The van der Waals surface area contributed by atoms with Crippen LogP contribution in [0.2, 0.25) is 0 Å². The fraction of sp³-hybridized carbons (Fsp3) is 0.444. The lowest BCUT2D eigenvalue weighted by atomic mass is 9.89. The molecule has 186 valence electrons. The molecule has 1 fully saturated rings. The highest BCUT2D eigenvalue weighted by molar-refractivity contribution is 6.15. The molecule has 0 spiro atoms. The first kappa shape index (κ1) is 22.7. The molecule has 36 heavy (non-hydrogen) atoms. The van der Waals surface area contributed by atoms with Gasteiger partial charge in [-0.15, -0.1) is 0 Å². The van der Waals surface area contributed by atoms with Crippen LogP contribution < -0.4 is 5.69 Å². The van der Waals surface area contributed by atoms with E-state index in [1.54, 1.807) is 23.9 Å². The molecule has 0 radical (unpaired) electrons. The summed E-state index contributed by atoms with van der Waals surface area (Å²) < 4.78 is 3.66. The van der Waals surface area contributed by atoms with Crippen molar-refractivity contribution in [3.8, 4) is 0 Å². The Morgan fingerprint density at radius 2 is 1.92 bits per heavy atom. The maximum Gasteiger partial charge on any atom is 0.329 e. The van der Waals surface area contributed by atoms with Crippen LogP contribution >= 0.6 is 0 Å². The van der Waals surface area contributed by atoms with Gasteiger partial charge in [-0.3, -0.25) is 33.6 Å². The number of rotatable bonds is 8. The van der Waals surface area contributed by atoms with E-state index in [-0.39, 0.29) is 23.5 Å². The van der Waals surface area contributed by atoms with Crippen LogP contribution in [0, 0.1) is 5.92 Å². The molecular weight excluding hydrogens is 456 g/mol. The molecule has 9 heteroatoms. The number of imide groups is 1. The third-order valence-electron chi connectivity index (χ3n) is 7.70. The second kappa shape index (κ2) is 8.43. The number of carbonyl (C=O) groups is 2. The minimum Gasteiger partial charge on any atom is -0.350 e. The molecule has 0 N–H and O–H groups in total. The number of fused-ring (bicyclic) bond motifs is 2. The summed E-state index contributed by atoms with van der Waals surface area (Å²) in [7, 11) is 0. The fourth-order valence-electron chi connectivity index (χ4n) is 5.58. The van der Waals surface area contributed by atoms with Crippen molar-refractivity contribution in [1.29, 1.82) is 0 Å². The quantitative estimate of drug-likeness (QED) is 0.534. The molecule has 4 aliphatic rings. The van der Waals surface area contributed by atoms with Gasteiger partial charge in [0.2, 0.25) is 0 Å². The van der Waals surface area contributed by atoms with Crippen LogP contribution in [0.1, 0.15) is 33.1 Å². The van der Waals surface area contributed by atoms with E-state index in [0.717, 1.165) is 23.4 Å². The standard InChI is InChI=1S/C27H30N6O3/c1-18-14-24(34)31(25(18)35)13-5-12-30-22-6-3-4-10-27(22,2)29-23(30)17-33-21-15-28-11-9-20(21)32(26(33)36)16-19-7-8-19/h3-4,6,9-11,14-15,19,22H,5,7-8,12-13,16-17H2,1-2H3. The lowest BCUT2D eigenvalue weighted by Crippen LogP contribution is -2.46. The number of carbonyl (C=O) groups excluding carboxylic acids is 2. The first-order chi connectivity index (χ1) is 17.4. The maximum absolute atomic E-state index is 13.5. The molecular formula is C27H30N6O3. The highest BCUT2D eigenvalue weighted by Crippen LogP contribution is 2.34. The number of nitrogens with zero attached hydrogens (tertiary/aromatic N) is 6. The molecule has 2 unspecified atom stereocenters. The Morgan fingerprint density at radius 1 is 1.08 bits per heavy atom. The van der Waals surface area contributed by atoms with E-state index in [0.29, 0.717) is 37.5 Å². The van der Waals surface area contributed by atoms with Crippen molar-refractivity contribution in [3.05, 3.63) is 64.9 Å². The van der Waals surface area contributed by atoms with Gasteiger partial charge in [0.15, 0.2) is 0 Å². The number of pyridine rings is 1. The van der Waals surface area contributed by atoms with Crippen molar-refractivity contribution in [2.24, 2.45) is 10.9 Å². The van der Waals surface area contributed by atoms with Crippen molar-refractivity contribution in [2.75, 3.05) is 13.1 Å². The second-order valence-corrected chi connectivity index (χ2v) is 10.4. The van der Waals surface area contributed by atoms with Crippen LogP contribution in [0.25, 0.3) is 11.0 Å². The Bertz CT molecular complexity index is 1440. The van der Waals surface area contributed by atoms with Crippen molar-refractivity contribution < 1.29 is 9.59 Å². The summed E-state index contributed by atoms with van der Waals surface area (Å²) in [4.78, 5) is 50.9. The summed E-state index contributed by atoms with van der Waals surface area (Å²) >= 11 is 0. The molecule has 0 bridgehead atoms. The number of amides is 2. The van der Waals surface area contributed by atoms with Crippen LogP contribution in [-0.2, 0) is 22.7 Å². The Balaban J connectivity index is 1.28. The molecule has 9 nitrogen and oxygen atoms in total. The summed E-state index contributed by atoms with van der Waals surface area (Å²) in [6.07, 6.45) is 16.1. The maximum atomic E-state index is 13.5. The number of allylic oxidation sites excluding steroid dienone is 2. The zero-order valence-corrected chi connectivity index (χ0v) is 20.6. The van der Waals surface area contributed by atoms with E-state index < -0.39 is 5.54 Å². The molecule has 0 saturated heterocycles. The smallest absolute Gasteiger partial charge is 0.329 e. The van der Waals surface area contributed by atoms with Gasteiger partial charge in [0.25, 0.3) is 11.8 Å². The van der Waals surface area contributed by atoms with Gasteiger partial charge in [-0.05, 0) is 45.1 Å². The van der Waals surface area contributed by atoms with Crippen molar-refractivity contribution in [2.45, 2.75) is 57.8 Å². The van der Waals surface area contributed by atoms with Crippen LogP contribution in [0.4, 0.5) is 0 Å². The van der Waals surface area contributed by atoms with E-state index in [1.165, 1.54) is 23.8 Å². The van der Waals surface area contributed by atoms with Gasteiger partial charge in [-0.2, -0.15) is 0 Å². The van der Waals surface area contributed by atoms with E-state index in [9.17, 15) is 14.4 Å². The number of hydrogen-bond donors (Lipinski definition) is 0. The van der Waals surface area contributed by atoms with Crippen molar-refractivity contribution in [3.63, 3.8) is 0 Å². The Morgan fingerprint density at radius 3 is 2.67 bits per heavy atom. The number of amidine groups is 1. The van der Waals surface area contributed by atoms with E-state index in [2.05, 4.69) is 29.0 Å². The topological polar surface area (TPSA) is 92.8 Å². The highest BCUT2D eigenvalue weighted by atomic mass is 16.2. The van der Waals surface area contributed by atoms with Gasteiger partial charge in [0, 0.05) is 37.5 Å². The van der Waals surface area contributed by atoms with E-state index in [1.807, 2.05) is 22.8 Å². The Hall–Kier alpha value is -3.75. The average molecular weight is 487 g/mol. The van der Waals surface area contributed by atoms with Crippen LogP contribution in [0.3, 0.4) is 0 Å². The van der Waals surface area contributed by atoms with Crippen molar-refractivity contribution >= 4 is 28.7 Å². The number of hydrogen-bond acceptors (Lipinski definition) is 6. The fourth-order valence-corrected chi connectivity index (χ4v) is 5.58. The minimum absolute atomic E-state index is 0.0102. The van der Waals surface area contributed by atoms with Crippen LogP contribution in [-0.4, -0.2) is 66.2 Å². The lowest BCUT2D eigenvalue weighted by Gasteiger charge is -2.33. The molecule has 2 aliphatic heterocycles. The van der Waals surface area contributed by atoms with E-state index in [4.69, 9.17) is 4.99 Å². The van der Waals surface area contributed by atoms with Gasteiger partial charge in [0.1, 0.15) is 11.4 Å². The lowest BCUT2D eigenvalue weighted by molar-refractivity contribution is -0.137. The average Bonchev–Trinajstić information content (AvgIpc) is 3.53. The molecule has 2 amide bonds. The number of aromatic nitrogens is 3. The minimum atomic E-state index is -0.435. The second-order valence-electron chi connectivity index (χ2n) is 10.4. The van der Waals surface area contributed by atoms with Gasteiger partial charge < -0.3 is 4.90 Å². The number of imidazole rings is 1. The van der Waals surface area contributed by atoms with Crippen LogP contribution in [0.5, 0.6) is 0 Å². The van der Waals surface area contributed by atoms with Gasteiger partial charge >= 0.3 is 5.69 Å². The van der Waals surface area contributed by atoms with Gasteiger partial charge in [0.05, 0.1) is 29.8 Å².